The van der Waals surface area contributed by atoms with Crippen molar-refractivity contribution in [3.8, 4) is 5.75 Å². The molecule has 1 aromatic carbocycles. The van der Waals surface area contributed by atoms with Crippen molar-refractivity contribution in [2.24, 2.45) is 5.92 Å². The number of aromatic hydroxyl groups is 1. The summed E-state index contributed by atoms with van der Waals surface area (Å²) in [5.74, 6) is -2.03. The summed E-state index contributed by atoms with van der Waals surface area (Å²) in [4.78, 5) is 22.3. The predicted molar refractivity (Wildman–Crippen MR) is 75.7 cm³/mol. The Bertz CT molecular complexity index is 504. The number of aliphatic carboxylic acids is 1. The van der Waals surface area contributed by atoms with E-state index in [2.05, 4.69) is 5.32 Å². The van der Waals surface area contributed by atoms with Crippen molar-refractivity contribution in [2.75, 3.05) is 6.54 Å². The number of amides is 1. The molecule has 0 aliphatic rings. The Labute approximate surface area is 122 Å². The average Bonchev–Trinajstić information content (AvgIpc) is 2.44. The van der Waals surface area contributed by atoms with Crippen LogP contribution in [0.5, 0.6) is 5.75 Å². The van der Waals surface area contributed by atoms with Gasteiger partial charge in [0.2, 0.25) is 0 Å². The first-order chi connectivity index (χ1) is 9.93. The zero-order valence-corrected chi connectivity index (χ0v) is 11.9. The molecule has 6 heteroatoms. The highest BCUT2D eigenvalue weighted by atomic mass is 19.1. The van der Waals surface area contributed by atoms with Crippen molar-refractivity contribution < 1.29 is 24.2 Å². The number of benzene rings is 1. The molecule has 116 valence electrons. The van der Waals surface area contributed by atoms with Crippen LogP contribution >= 0.6 is 0 Å². The molecule has 0 saturated carbocycles. The van der Waals surface area contributed by atoms with Crippen molar-refractivity contribution >= 4 is 11.9 Å². The molecule has 1 atom stereocenters. The number of hydrogen-bond acceptors (Lipinski definition) is 3. The molecule has 1 amide bonds. The van der Waals surface area contributed by atoms with E-state index in [0.717, 1.165) is 24.6 Å². The van der Waals surface area contributed by atoms with Crippen molar-refractivity contribution in [1.82, 2.24) is 5.32 Å². The summed E-state index contributed by atoms with van der Waals surface area (Å²) in [6.45, 7) is 2.32. The lowest BCUT2D eigenvalue weighted by molar-refractivity contribution is -0.137. The van der Waals surface area contributed by atoms with Crippen LogP contribution < -0.4 is 5.32 Å². The van der Waals surface area contributed by atoms with E-state index >= 15 is 0 Å². The summed E-state index contributed by atoms with van der Waals surface area (Å²) in [6, 6.07) is 3.18. The molecule has 1 aromatic rings. The first kappa shape index (κ1) is 16.9. The van der Waals surface area contributed by atoms with Gasteiger partial charge in [0.05, 0.1) is 5.56 Å². The number of halogens is 1. The minimum absolute atomic E-state index is 0.103. The van der Waals surface area contributed by atoms with E-state index in [-0.39, 0.29) is 23.7 Å². The zero-order chi connectivity index (χ0) is 15.8. The maximum atomic E-state index is 13.0. The van der Waals surface area contributed by atoms with E-state index in [4.69, 9.17) is 5.11 Å². The SMILES string of the molecule is CCC(CCNC(=O)c1cc(F)ccc1O)CCC(=O)O. The summed E-state index contributed by atoms with van der Waals surface area (Å²) >= 11 is 0. The summed E-state index contributed by atoms with van der Waals surface area (Å²) in [5.41, 5.74) is -0.103. The molecule has 1 rings (SSSR count). The lowest BCUT2D eigenvalue weighted by Gasteiger charge is -2.14. The summed E-state index contributed by atoms with van der Waals surface area (Å²) < 4.78 is 13.0. The Morgan fingerprint density at radius 3 is 2.67 bits per heavy atom. The molecule has 3 N–H and O–H groups in total. The molecule has 0 spiro atoms. The van der Waals surface area contributed by atoms with E-state index in [9.17, 15) is 19.1 Å². The molecular formula is C15H20FNO4. The van der Waals surface area contributed by atoms with Gasteiger partial charge >= 0.3 is 5.97 Å². The second-order valence-corrected chi connectivity index (χ2v) is 4.91. The number of hydrogen-bond donors (Lipinski definition) is 3. The fourth-order valence-electron chi connectivity index (χ4n) is 2.06. The van der Waals surface area contributed by atoms with Gasteiger partial charge in [-0.05, 0) is 37.0 Å². The number of phenols is 1. The summed E-state index contributed by atoms with van der Waals surface area (Å²) in [7, 11) is 0. The molecule has 0 aliphatic carbocycles. The van der Waals surface area contributed by atoms with Gasteiger partial charge < -0.3 is 15.5 Å². The predicted octanol–water partition coefficient (Wildman–Crippen LogP) is 2.54. The Kier molecular flexibility index (Phi) is 6.65. The minimum Gasteiger partial charge on any atom is -0.507 e. The quantitative estimate of drug-likeness (QED) is 0.688. The van der Waals surface area contributed by atoms with Gasteiger partial charge in [-0.15, -0.1) is 0 Å². The van der Waals surface area contributed by atoms with Crippen molar-refractivity contribution in [3.63, 3.8) is 0 Å². The van der Waals surface area contributed by atoms with E-state index in [1.165, 1.54) is 0 Å². The Morgan fingerprint density at radius 1 is 1.33 bits per heavy atom. The number of nitrogens with one attached hydrogen (secondary N) is 1. The molecule has 0 bridgehead atoms. The Hall–Kier alpha value is -2.11. The number of rotatable bonds is 8. The molecule has 0 aromatic heterocycles. The number of carbonyl (C=O) groups excluding carboxylic acids is 1. The third-order valence-corrected chi connectivity index (χ3v) is 3.39. The number of carbonyl (C=O) groups is 2. The van der Waals surface area contributed by atoms with Crippen LogP contribution in [0.15, 0.2) is 18.2 Å². The van der Waals surface area contributed by atoms with E-state index in [1.54, 1.807) is 0 Å². The topological polar surface area (TPSA) is 86.6 Å². The van der Waals surface area contributed by atoms with Crippen LogP contribution in [0.25, 0.3) is 0 Å². The van der Waals surface area contributed by atoms with Crippen LogP contribution in [0.3, 0.4) is 0 Å². The van der Waals surface area contributed by atoms with Crippen molar-refractivity contribution in [2.45, 2.75) is 32.6 Å². The first-order valence-electron chi connectivity index (χ1n) is 6.92. The van der Waals surface area contributed by atoms with Gasteiger partial charge in [0, 0.05) is 13.0 Å². The molecule has 1 unspecified atom stereocenters. The van der Waals surface area contributed by atoms with Gasteiger partial charge in [0.15, 0.2) is 0 Å². The molecule has 0 saturated heterocycles. The maximum Gasteiger partial charge on any atom is 0.303 e. The fraction of sp³-hybridized carbons (Fsp3) is 0.467. The average molecular weight is 297 g/mol. The molecule has 0 radical (unpaired) electrons. The maximum absolute atomic E-state index is 13.0. The normalized spacial score (nSPS) is 11.9. The van der Waals surface area contributed by atoms with Gasteiger partial charge in [0.25, 0.3) is 5.91 Å². The number of carboxylic acids is 1. The van der Waals surface area contributed by atoms with E-state index in [1.807, 2.05) is 6.92 Å². The molecule has 5 nitrogen and oxygen atoms in total. The van der Waals surface area contributed by atoms with Crippen LogP contribution in [0.1, 0.15) is 43.0 Å². The van der Waals surface area contributed by atoms with Crippen LogP contribution in [-0.4, -0.2) is 28.6 Å². The van der Waals surface area contributed by atoms with Gasteiger partial charge in [-0.3, -0.25) is 9.59 Å². The van der Waals surface area contributed by atoms with Gasteiger partial charge in [-0.2, -0.15) is 0 Å². The second-order valence-electron chi connectivity index (χ2n) is 4.91. The number of carboxylic acid groups (broad SMARTS) is 1. The molecule has 0 heterocycles. The van der Waals surface area contributed by atoms with Crippen LogP contribution in [0.4, 0.5) is 4.39 Å². The van der Waals surface area contributed by atoms with Crippen LogP contribution in [0, 0.1) is 11.7 Å². The highest BCUT2D eigenvalue weighted by Gasteiger charge is 2.13. The Morgan fingerprint density at radius 2 is 2.05 bits per heavy atom. The van der Waals surface area contributed by atoms with Crippen molar-refractivity contribution in [3.05, 3.63) is 29.6 Å². The Balaban J connectivity index is 2.45. The minimum atomic E-state index is -0.831. The van der Waals surface area contributed by atoms with Crippen LogP contribution in [0.2, 0.25) is 0 Å². The molecular weight excluding hydrogens is 277 g/mol. The molecule has 21 heavy (non-hydrogen) atoms. The third-order valence-electron chi connectivity index (χ3n) is 3.39. The van der Waals surface area contributed by atoms with E-state index in [0.29, 0.717) is 19.4 Å². The monoisotopic (exact) mass is 297 g/mol. The first-order valence-corrected chi connectivity index (χ1v) is 6.92. The standard InChI is InChI=1S/C15H20FNO4/c1-2-10(3-6-14(19)20)7-8-17-15(21)12-9-11(16)4-5-13(12)18/h4-5,9-10,18H,2-3,6-8H2,1H3,(H,17,21)(H,19,20). The largest absolute Gasteiger partial charge is 0.507 e. The van der Waals surface area contributed by atoms with Crippen LogP contribution in [-0.2, 0) is 4.79 Å². The lowest BCUT2D eigenvalue weighted by Crippen LogP contribution is -2.26. The summed E-state index contributed by atoms with van der Waals surface area (Å²) in [5, 5.41) is 20.8. The molecule has 0 aliphatic heterocycles. The fourth-order valence-corrected chi connectivity index (χ4v) is 2.06. The van der Waals surface area contributed by atoms with E-state index < -0.39 is 17.7 Å². The highest BCUT2D eigenvalue weighted by molar-refractivity contribution is 5.96. The van der Waals surface area contributed by atoms with Gasteiger partial charge in [-0.25, -0.2) is 4.39 Å². The van der Waals surface area contributed by atoms with Gasteiger partial charge in [0.1, 0.15) is 11.6 Å². The number of phenolic OH excluding ortho intramolecular Hbond substituents is 1. The van der Waals surface area contributed by atoms with Crippen molar-refractivity contribution in [1.29, 1.82) is 0 Å². The lowest BCUT2D eigenvalue weighted by atomic mass is 9.96. The highest BCUT2D eigenvalue weighted by Crippen LogP contribution is 2.18. The third kappa shape index (κ3) is 5.81. The molecule has 0 fully saturated rings. The zero-order valence-electron chi connectivity index (χ0n) is 11.9. The smallest absolute Gasteiger partial charge is 0.303 e. The van der Waals surface area contributed by atoms with Gasteiger partial charge in [-0.1, -0.05) is 13.3 Å². The second kappa shape index (κ2) is 8.24. The summed E-state index contributed by atoms with van der Waals surface area (Å²) in [6.07, 6.45) is 2.14.